The second kappa shape index (κ2) is 6.70. The molecule has 0 atom stereocenters. The quantitative estimate of drug-likeness (QED) is 0.407. The molecule has 4 rings (SSSR count). The van der Waals surface area contributed by atoms with Crippen LogP contribution in [0.1, 0.15) is 51.3 Å². The zero-order valence-corrected chi connectivity index (χ0v) is 17.5. The molecule has 0 fully saturated rings. The number of hydrogen-bond donors (Lipinski definition) is 0. The van der Waals surface area contributed by atoms with Crippen LogP contribution in [-0.2, 0) is 17.3 Å². The lowest BCUT2D eigenvalue weighted by atomic mass is 9.77. The molecule has 0 saturated heterocycles. The summed E-state index contributed by atoms with van der Waals surface area (Å²) in [6.45, 7) is 11.4. The Hall–Kier alpha value is -2.74. The van der Waals surface area contributed by atoms with Crippen LogP contribution in [0.2, 0.25) is 0 Å². The average Bonchev–Trinajstić information content (AvgIpc) is 2.66. The maximum atomic E-state index is 4.78. The Labute approximate surface area is 167 Å². The monoisotopic (exact) mass is 368 g/mol. The lowest BCUT2D eigenvalue weighted by molar-refractivity contribution is 0.526. The molecule has 2 heterocycles. The molecule has 0 aliphatic rings. The minimum atomic E-state index is -0.0540. The van der Waals surface area contributed by atoms with Crippen molar-refractivity contribution in [2.24, 2.45) is 0 Å². The van der Waals surface area contributed by atoms with Gasteiger partial charge in [0.25, 0.3) is 0 Å². The Morgan fingerprint density at radius 2 is 1.50 bits per heavy atom. The molecule has 0 N–H and O–H groups in total. The van der Waals surface area contributed by atoms with Crippen molar-refractivity contribution in [3.05, 3.63) is 83.8 Å². The first-order valence-corrected chi connectivity index (χ1v) is 9.98. The molecule has 28 heavy (non-hydrogen) atoms. The SMILES string of the molecule is CC(C)(C)c1ccnc2c(CC(C)(C)c3cncc4ccccc34)cccc12. The van der Waals surface area contributed by atoms with Crippen molar-refractivity contribution in [3.63, 3.8) is 0 Å². The molecule has 0 aliphatic carbocycles. The van der Waals surface area contributed by atoms with Gasteiger partial charge in [-0.1, -0.05) is 77.1 Å². The zero-order valence-electron chi connectivity index (χ0n) is 17.5. The van der Waals surface area contributed by atoms with Crippen molar-refractivity contribution in [1.82, 2.24) is 9.97 Å². The van der Waals surface area contributed by atoms with E-state index in [-0.39, 0.29) is 10.8 Å². The fraction of sp³-hybridized carbons (Fsp3) is 0.308. The lowest BCUT2D eigenvalue weighted by Crippen LogP contribution is -2.22. The summed E-state index contributed by atoms with van der Waals surface area (Å²) in [6.07, 6.45) is 6.85. The molecular formula is C26H28N2. The lowest BCUT2D eigenvalue weighted by Gasteiger charge is -2.28. The van der Waals surface area contributed by atoms with Crippen LogP contribution < -0.4 is 0 Å². The fourth-order valence-electron chi connectivity index (χ4n) is 4.26. The van der Waals surface area contributed by atoms with E-state index in [0.29, 0.717) is 0 Å². The van der Waals surface area contributed by atoms with Gasteiger partial charge in [0, 0.05) is 29.4 Å². The van der Waals surface area contributed by atoms with E-state index >= 15 is 0 Å². The molecule has 2 aromatic carbocycles. The minimum Gasteiger partial charge on any atom is -0.264 e. The van der Waals surface area contributed by atoms with Gasteiger partial charge in [-0.2, -0.15) is 0 Å². The van der Waals surface area contributed by atoms with Crippen molar-refractivity contribution in [3.8, 4) is 0 Å². The molecule has 2 aromatic heterocycles. The maximum Gasteiger partial charge on any atom is 0.0737 e. The number of pyridine rings is 2. The van der Waals surface area contributed by atoms with Crippen molar-refractivity contribution < 1.29 is 0 Å². The van der Waals surface area contributed by atoms with Gasteiger partial charge in [-0.3, -0.25) is 9.97 Å². The third-order valence-corrected chi connectivity index (χ3v) is 5.69. The summed E-state index contributed by atoms with van der Waals surface area (Å²) in [7, 11) is 0. The molecular weight excluding hydrogens is 340 g/mol. The fourth-order valence-corrected chi connectivity index (χ4v) is 4.26. The van der Waals surface area contributed by atoms with E-state index in [2.05, 4.69) is 88.1 Å². The van der Waals surface area contributed by atoms with E-state index in [4.69, 9.17) is 4.98 Å². The number of hydrogen-bond acceptors (Lipinski definition) is 2. The van der Waals surface area contributed by atoms with Crippen LogP contribution in [0, 0.1) is 0 Å². The predicted octanol–water partition coefficient (Wildman–Crippen LogP) is 6.60. The van der Waals surface area contributed by atoms with Crippen molar-refractivity contribution >= 4 is 21.7 Å². The highest BCUT2D eigenvalue weighted by atomic mass is 14.7. The first-order chi connectivity index (χ1) is 13.3. The van der Waals surface area contributed by atoms with Gasteiger partial charge in [-0.05, 0) is 45.4 Å². The van der Waals surface area contributed by atoms with Crippen LogP contribution in [0.15, 0.2) is 67.1 Å². The normalized spacial score (nSPS) is 12.6. The van der Waals surface area contributed by atoms with E-state index < -0.39 is 0 Å². The van der Waals surface area contributed by atoms with Gasteiger partial charge in [0.1, 0.15) is 0 Å². The largest absolute Gasteiger partial charge is 0.264 e. The number of nitrogens with zero attached hydrogens (tertiary/aromatic N) is 2. The van der Waals surface area contributed by atoms with Crippen LogP contribution in [0.5, 0.6) is 0 Å². The van der Waals surface area contributed by atoms with Crippen LogP contribution in [0.3, 0.4) is 0 Å². The minimum absolute atomic E-state index is 0.0540. The maximum absolute atomic E-state index is 4.78. The summed E-state index contributed by atoms with van der Waals surface area (Å²) < 4.78 is 0. The number of aromatic nitrogens is 2. The van der Waals surface area contributed by atoms with E-state index in [1.807, 2.05) is 18.6 Å². The molecule has 0 unspecified atom stereocenters. The molecule has 0 aliphatic heterocycles. The number of rotatable bonds is 3. The van der Waals surface area contributed by atoms with Crippen molar-refractivity contribution in [1.29, 1.82) is 0 Å². The van der Waals surface area contributed by atoms with E-state index in [9.17, 15) is 0 Å². The molecule has 2 heteroatoms. The third kappa shape index (κ3) is 3.28. The summed E-state index contributed by atoms with van der Waals surface area (Å²) in [6, 6.07) is 17.3. The summed E-state index contributed by atoms with van der Waals surface area (Å²) in [5.74, 6) is 0. The Bertz CT molecular complexity index is 1140. The van der Waals surface area contributed by atoms with Gasteiger partial charge in [0.05, 0.1) is 5.52 Å². The molecule has 0 amide bonds. The Morgan fingerprint density at radius 1 is 0.750 bits per heavy atom. The summed E-state index contributed by atoms with van der Waals surface area (Å²) in [4.78, 5) is 9.29. The van der Waals surface area contributed by atoms with Crippen molar-refractivity contribution in [2.75, 3.05) is 0 Å². The highest BCUT2D eigenvalue weighted by molar-refractivity contribution is 5.87. The topological polar surface area (TPSA) is 25.8 Å². The Balaban J connectivity index is 1.83. The van der Waals surface area contributed by atoms with Crippen LogP contribution in [0.25, 0.3) is 21.7 Å². The first kappa shape index (κ1) is 18.6. The van der Waals surface area contributed by atoms with Gasteiger partial charge in [0.2, 0.25) is 0 Å². The van der Waals surface area contributed by atoms with Crippen molar-refractivity contribution in [2.45, 2.75) is 51.9 Å². The van der Waals surface area contributed by atoms with Gasteiger partial charge >= 0.3 is 0 Å². The smallest absolute Gasteiger partial charge is 0.0737 e. The molecule has 0 radical (unpaired) electrons. The first-order valence-electron chi connectivity index (χ1n) is 9.98. The Morgan fingerprint density at radius 3 is 2.29 bits per heavy atom. The number of benzene rings is 2. The zero-order chi connectivity index (χ0) is 19.9. The number of fused-ring (bicyclic) bond motifs is 2. The summed E-state index contributed by atoms with van der Waals surface area (Å²) in [5.41, 5.74) is 5.09. The van der Waals surface area contributed by atoms with E-state index in [1.54, 1.807) is 0 Å². The van der Waals surface area contributed by atoms with Gasteiger partial charge < -0.3 is 0 Å². The van der Waals surface area contributed by atoms with Crippen LogP contribution in [-0.4, -0.2) is 9.97 Å². The van der Waals surface area contributed by atoms with Gasteiger partial charge in [-0.15, -0.1) is 0 Å². The van der Waals surface area contributed by atoms with Gasteiger partial charge in [0.15, 0.2) is 0 Å². The predicted molar refractivity (Wildman–Crippen MR) is 119 cm³/mol. The average molecular weight is 369 g/mol. The molecule has 142 valence electrons. The highest BCUT2D eigenvalue weighted by Gasteiger charge is 2.26. The van der Waals surface area contributed by atoms with Gasteiger partial charge in [-0.25, -0.2) is 0 Å². The molecule has 0 spiro atoms. The molecule has 0 saturated carbocycles. The third-order valence-electron chi connectivity index (χ3n) is 5.69. The standard InChI is InChI=1S/C26H28N2/c1-25(2,3)22-13-14-28-24-18(10-8-12-21(22)24)15-26(4,5)23-17-27-16-19-9-6-7-11-20(19)23/h6-14,16-17H,15H2,1-5H3. The second-order valence-electron chi connectivity index (χ2n) is 9.39. The summed E-state index contributed by atoms with van der Waals surface area (Å²) >= 11 is 0. The molecule has 0 bridgehead atoms. The van der Waals surface area contributed by atoms with E-state index in [0.717, 1.165) is 11.9 Å². The summed E-state index contributed by atoms with van der Waals surface area (Å²) in [5, 5.41) is 3.74. The van der Waals surface area contributed by atoms with Crippen LogP contribution >= 0.6 is 0 Å². The highest BCUT2D eigenvalue weighted by Crippen LogP contribution is 2.36. The molecule has 4 aromatic rings. The van der Waals surface area contributed by atoms with E-state index in [1.165, 1.54) is 32.8 Å². The second-order valence-corrected chi connectivity index (χ2v) is 9.39. The molecule has 2 nitrogen and oxygen atoms in total. The van der Waals surface area contributed by atoms with Crippen LogP contribution in [0.4, 0.5) is 0 Å². The Kier molecular flexibility index (Phi) is 4.45. The number of para-hydroxylation sites is 1.